The standard InChI is InChI=1S/C28H25ClN2O3/c1-19-23(17-22-9-5-6-10-26(22)34-19)18-25(31-27(32)21-11-13-24(29)14-12-21)28(33)30-16-15-20-7-3-2-4-8-20/h2-14,17-19H,15-16H2,1H3,(H,30,33)(H,31,32)/b25-18-/t19-/m1/s1. The van der Waals surface area contributed by atoms with Gasteiger partial charge in [-0.05, 0) is 67.0 Å². The Labute approximate surface area is 204 Å². The molecular formula is C28H25ClN2O3. The maximum absolute atomic E-state index is 13.1. The van der Waals surface area contributed by atoms with Crippen molar-refractivity contribution >= 4 is 29.5 Å². The van der Waals surface area contributed by atoms with Crippen LogP contribution in [-0.4, -0.2) is 24.5 Å². The van der Waals surface area contributed by atoms with E-state index in [0.29, 0.717) is 23.6 Å². The van der Waals surface area contributed by atoms with Crippen molar-refractivity contribution in [1.82, 2.24) is 10.6 Å². The highest BCUT2D eigenvalue weighted by atomic mass is 35.5. The molecule has 3 aromatic rings. The third-order valence-electron chi connectivity index (χ3n) is 5.47. The zero-order chi connectivity index (χ0) is 23.9. The molecule has 0 bridgehead atoms. The van der Waals surface area contributed by atoms with Crippen molar-refractivity contribution in [1.29, 1.82) is 0 Å². The number of benzene rings is 3. The molecule has 0 spiro atoms. The van der Waals surface area contributed by atoms with Crippen LogP contribution in [0.5, 0.6) is 5.75 Å². The summed E-state index contributed by atoms with van der Waals surface area (Å²) in [7, 11) is 0. The molecule has 5 nitrogen and oxygen atoms in total. The number of carbonyl (C=O) groups is 2. The molecule has 0 fully saturated rings. The van der Waals surface area contributed by atoms with E-state index >= 15 is 0 Å². The lowest BCUT2D eigenvalue weighted by Gasteiger charge is -2.23. The number of rotatable bonds is 7. The molecular weight excluding hydrogens is 448 g/mol. The minimum Gasteiger partial charge on any atom is -0.485 e. The molecule has 0 saturated carbocycles. The van der Waals surface area contributed by atoms with Crippen molar-refractivity contribution in [3.63, 3.8) is 0 Å². The molecule has 6 heteroatoms. The first kappa shape index (κ1) is 23.3. The number of fused-ring (bicyclic) bond motifs is 1. The molecule has 1 aliphatic heterocycles. The van der Waals surface area contributed by atoms with Crippen LogP contribution in [0.4, 0.5) is 0 Å². The highest BCUT2D eigenvalue weighted by Crippen LogP contribution is 2.30. The van der Waals surface area contributed by atoms with Crippen LogP contribution >= 0.6 is 11.6 Å². The van der Waals surface area contributed by atoms with Gasteiger partial charge in [-0.15, -0.1) is 0 Å². The molecule has 0 saturated heterocycles. The Balaban J connectivity index is 1.56. The Morgan fingerprint density at radius 2 is 1.68 bits per heavy atom. The summed E-state index contributed by atoms with van der Waals surface area (Å²) in [6.45, 7) is 2.34. The fourth-order valence-electron chi connectivity index (χ4n) is 3.60. The Bertz CT molecular complexity index is 1230. The summed E-state index contributed by atoms with van der Waals surface area (Å²) in [5, 5.41) is 6.20. The molecule has 1 atom stereocenters. The number of hydrogen-bond acceptors (Lipinski definition) is 3. The van der Waals surface area contributed by atoms with Gasteiger partial charge in [0, 0.05) is 22.7 Å². The van der Waals surface area contributed by atoms with Crippen molar-refractivity contribution in [3.05, 3.63) is 118 Å². The van der Waals surface area contributed by atoms with E-state index in [0.717, 1.165) is 22.4 Å². The molecule has 172 valence electrons. The van der Waals surface area contributed by atoms with Gasteiger partial charge < -0.3 is 15.4 Å². The Morgan fingerprint density at radius 3 is 2.44 bits per heavy atom. The van der Waals surface area contributed by atoms with E-state index in [9.17, 15) is 9.59 Å². The van der Waals surface area contributed by atoms with E-state index in [1.807, 2.05) is 67.6 Å². The minimum atomic E-state index is -0.397. The SMILES string of the molecule is C[C@H]1Oc2ccccc2C=C1/C=C(\NC(=O)c1ccc(Cl)cc1)C(=O)NCCc1ccccc1. The van der Waals surface area contributed by atoms with Crippen LogP contribution in [-0.2, 0) is 11.2 Å². The van der Waals surface area contributed by atoms with E-state index in [-0.39, 0.29) is 17.7 Å². The highest BCUT2D eigenvalue weighted by Gasteiger charge is 2.21. The van der Waals surface area contributed by atoms with Gasteiger partial charge in [-0.25, -0.2) is 0 Å². The molecule has 0 aliphatic carbocycles. The normalized spacial score (nSPS) is 14.9. The maximum atomic E-state index is 13.1. The number of ether oxygens (including phenoxy) is 1. The Kier molecular flexibility index (Phi) is 7.45. The van der Waals surface area contributed by atoms with E-state index in [1.54, 1.807) is 30.3 Å². The van der Waals surface area contributed by atoms with Gasteiger partial charge in [0.25, 0.3) is 11.8 Å². The van der Waals surface area contributed by atoms with Crippen LogP contribution in [0, 0.1) is 0 Å². The second-order valence-corrected chi connectivity index (χ2v) is 8.39. The van der Waals surface area contributed by atoms with Gasteiger partial charge in [-0.1, -0.05) is 60.1 Å². The monoisotopic (exact) mass is 472 g/mol. The van der Waals surface area contributed by atoms with Crippen molar-refractivity contribution in [3.8, 4) is 5.75 Å². The molecule has 3 aromatic carbocycles. The Hall–Kier alpha value is -3.83. The van der Waals surface area contributed by atoms with E-state index in [2.05, 4.69) is 10.6 Å². The summed E-state index contributed by atoms with van der Waals surface area (Å²) in [6.07, 6.45) is 4.04. The summed E-state index contributed by atoms with van der Waals surface area (Å²) in [4.78, 5) is 26.0. The molecule has 2 amide bonds. The van der Waals surface area contributed by atoms with Gasteiger partial charge >= 0.3 is 0 Å². The van der Waals surface area contributed by atoms with Gasteiger partial charge in [0.1, 0.15) is 17.6 Å². The predicted molar refractivity (Wildman–Crippen MR) is 135 cm³/mol. The summed E-state index contributed by atoms with van der Waals surface area (Å²) >= 11 is 5.94. The summed E-state index contributed by atoms with van der Waals surface area (Å²) in [5.41, 5.74) is 3.36. The Morgan fingerprint density at radius 1 is 0.971 bits per heavy atom. The zero-order valence-electron chi connectivity index (χ0n) is 18.8. The maximum Gasteiger partial charge on any atom is 0.267 e. The minimum absolute atomic E-state index is 0.147. The van der Waals surface area contributed by atoms with Crippen LogP contribution in [0.3, 0.4) is 0 Å². The highest BCUT2D eigenvalue weighted by molar-refractivity contribution is 6.30. The smallest absolute Gasteiger partial charge is 0.267 e. The third kappa shape index (κ3) is 5.94. The van der Waals surface area contributed by atoms with Gasteiger partial charge in [0.2, 0.25) is 0 Å². The molecule has 2 N–H and O–H groups in total. The first-order valence-electron chi connectivity index (χ1n) is 11.1. The number of carbonyl (C=O) groups excluding carboxylic acids is 2. The fourth-order valence-corrected chi connectivity index (χ4v) is 3.73. The number of para-hydroxylation sites is 1. The van der Waals surface area contributed by atoms with Crippen LogP contribution in [0.15, 0.2) is 96.2 Å². The van der Waals surface area contributed by atoms with Gasteiger partial charge in [-0.2, -0.15) is 0 Å². The lowest BCUT2D eigenvalue weighted by Crippen LogP contribution is -2.36. The van der Waals surface area contributed by atoms with E-state index in [4.69, 9.17) is 16.3 Å². The lowest BCUT2D eigenvalue weighted by atomic mass is 10.0. The average Bonchev–Trinajstić information content (AvgIpc) is 2.85. The largest absolute Gasteiger partial charge is 0.485 e. The summed E-state index contributed by atoms with van der Waals surface area (Å²) in [5.74, 6) is 0.0166. The molecule has 0 radical (unpaired) electrons. The summed E-state index contributed by atoms with van der Waals surface area (Å²) in [6, 6.07) is 24.1. The van der Waals surface area contributed by atoms with Crippen LogP contribution < -0.4 is 15.4 Å². The van der Waals surface area contributed by atoms with Gasteiger partial charge in [0.05, 0.1) is 0 Å². The van der Waals surface area contributed by atoms with E-state index in [1.165, 1.54) is 0 Å². The topological polar surface area (TPSA) is 67.4 Å². The first-order chi connectivity index (χ1) is 16.5. The van der Waals surface area contributed by atoms with Crippen molar-refractivity contribution in [2.24, 2.45) is 0 Å². The molecule has 34 heavy (non-hydrogen) atoms. The lowest BCUT2D eigenvalue weighted by molar-refractivity contribution is -0.117. The fraction of sp³-hybridized carbons (Fsp3) is 0.143. The van der Waals surface area contributed by atoms with Crippen molar-refractivity contribution in [2.45, 2.75) is 19.4 Å². The van der Waals surface area contributed by atoms with Crippen molar-refractivity contribution in [2.75, 3.05) is 6.54 Å². The number of amides is 2. The van der Waals surface area contributed by atoms with Gasteiger partial charge in [0.15, 0.2) is 0 Å². The zero-order valence-corrected chi connectivity index (χ0v) is 19.5. The second-order valence-electron chi connectivity index (χ2n) is 7.95. The van der Waals surface area contributed by atoms with E-state index < -0.39 is 5.91 Å². The number of hydrogen-bond donors (Lipinski definition) is 2. The molecule has 1 heterocycles. The van der Waals surface area contributed by atoms with Gasteiger partial charge in [-0.3, -0.25) is 9.59 Å². The second kappa shape index (κ2) is 10.9. The quantitative estimate of drug-likeness (QED) is 0.466. The van der Waals surface area contributed by atoms with Crippen LogP contribution in [0.2, 0.25) is 5.02 Å². The predicted octanol–water partition coefficient (Wildman–Crippen LogP) is 5.18. The average molecular weight is 473 g/mol. The summed E-state index contributed by atoms with van der Waals surface area (Å²) < 4.78 is 5.99. The molecule has 1 aliphatic rings. The third-order valence-corrected chi connectivity index (χ3v) is 5.72. The van der Waals surface area contributed by atoms with Crippen LogP contribution in [0.1, 0.15) is 28.4 Å². The van der Waals surface area contributed by atoms with Crippen LogP contribution in [0.25, 0.3) is 6.08 Å². The molecule has 0 aromatic heterocycles. The molecule has 4 rings (SSSR count). The first-order valence-corrected chi connectivity index (χ1v) is 11.5. The van der Waals surface area contributed by atoms with Crippen molar-refractivity contribution < 1.29 is 14.3 Å². The molecule has 0 unspecified atom stereocenters. The number of halogens is 1. The number of nitrogens with one attached hydrogen (secondary N) is 2.